The number of piperidine rings is 1. The van der Waals surface area contributed by atoms with Crippen molar-refractivity contribution in [2.75, 3.05) is 13.1 Å². The molecule has 0 aliphatic carbocycles. The summed E-state index contributed by atoms with van der Waals surface area (Å²) in [6.45, 7) is 9.01. The molecule has 3 fully saturated rings. The highest BCUT2D eigenvalue weighted by Gasteiger charge is 2.43. The average molecular weight is 279 g/mol. The van der Waals surface area contributed by atoms with Gasteiger partial charge in [0.15, 0.2) is 0 Å². The molecule has 3 rings (SSSR count). The highest BCUT2D eigenvalue weighted by Crippen LogP contribution is 2.33. The lowest BCUT2D eigenvalue weighted by atomic mass is 9.88. The normalized spacial score (nSPS) is 35.5. The molecule has 20 heavy (non-hydrogen) atoms. The second kappa shape index (κ2) is 5.30. The molecule has 0 radical (unpaired) electrons. The Balaban J connectivity index is 1.47. The molecule has 0 aromatic rings. The number of carbonyl (C=O) groups is 1. The van der Waals surface area contributed by atoms with Gasteiger partial charge in [-0.05, 0) is 52.9 Å². The Morgan fingerprint density at radius 2 is 1.85 bits per heavy atom. The van der Waals surface area contributed by atoms with Crippen LogP contribution in [0.25, 0.3) is 0 Å². The van der Waals surface area contributed by atoms with E-state index >= 15 is 0 Å². The van der Waals surface area contributed by atoms with Crippen molar-refractivity contribution in [3.63, 3.8) is 0 Å². The molecule has 1 amide bonds. The van der Waals surface area contributed by atoms with Crippen LogP contribution in [0.5, 0.6) is 0 Å². The number of rotatable bonds is 2. The van der Waals surface area contributed by atoms with Gasteiger partial charge >= 0.3 is 0 Å². The first-order valence-corrected chi connectivity index (χ1v) is 8.25. The van der Waals surface area contributed by atoms with E-state index in [9.17, 15) is 4.79 Å². The van der Waals surface area contributed by atoms with Gasteiger partial charge < -0.3 is 10.6 Å². The molecule has 3 atom stereocenters. The van der Waals surface area contributed by atoms with Crippen LogP contribution in [0.15, 0.2) is 0 Å². The summed E-state index contributed by atoms with van der Waals surface area (Å²) in [6, 6.07) is 1.45. The van der Waals surface area contributed by atoms with Crippen molar-refractivity contribution >= 4 is 5.91 Å². The number of likely N-dealkylation sites (tertiary alicyclic amines) is 1. The van der Waals surface area contributed by atoms with E-state index in [0.717, 1.165) is 32.4 Å². The molecule has 0 spiro atoms. The monoisotopic (exact) mass is 279 g/mol. The summed E-state index contributed by atoms with van der Waals surface area (Å²) in [6.07, 6.45) is 5.69. The minimum absolute atomic E-state index is 0.231. The number of amides is 1. The molecule has 3 aliphatic rings. The van der Waals surface area contributed by atoms with Crippen molar-refractivity contribution in [1.29, 1.82) is 0 Å². The van der Waals surface area contributed by atoms with Crippen LogP contribution >= 0.6 is 0 Å². The summed E-state index contributed by atoms with van der Waals surface area (Å²) in [5.74, 6) is 0.535. The topological polar surface area (TPSA) is 44.4 Å². The maximum absolute atomic E-state index is 12.4. The third kappa shape index (κ3) is 2.86. The van der Waals surface area contributed by atoms with Gasteiger partial charge in [0.2, 0.25) is 5.91 Å². The lowest BCUT2D eigenvalue weighted by Gasteiger charge is -2.41. The van der Waals surface area contributed by atoms with Gasteiger partial charge in [-0.2, -0.15) is 0 Å². The Kier molecular flexibility index (Phi) is 3.80. The summed E-state index contributed by atoms with van der Waals surface area (Å²) in [5.41, 5.74) is 0.253. The zero-order chi connectivity index (χ0) is 14.3. The third-order valence-electron chi connectivity index (χ3n) is 5.43. The molecular formula is C16H29N3O. The van der Waals surface area contributed by atoms with Crippen LogP contribution in [0.2, 0.25) is 0 Å². The summed E-state index contributed by atoms with van der Waals surface area (Å²) < 4.78 is 0. The van der Waals surface area contributed by atoms with Gasteiger partial charge in [0.1, 0.15) is 0 Å². The number of fused-ring (bicyclic) bond motifs is 2. The molecule has 2 bridgehead atoms. The second-order valence-corrected chi connectivity index (χ2v) is 7.83. The van der Waals surface area contributed by atoms with Crippen LogP contribution < -0.4 is 10.6 Å². The zero-order valence-corrected chi connectivity index (χ0v) is 13.1. The Bertz CT molecular complexity index is 368. The fourth-order valence-electron chi connectivity index (χ4n) is 4.12. The highest BCUT2D eigenvalue weighted by atomic mass is 16.2. The molecule has 3 aliphatic heterocycles. The van der Waals surface area contributed by atoms with Crippen LogP contribution in [-0.4, -0.2) is 47.6 Å². The van der Waals surface area contributed by atoms with Crippen LogP contribution in [-0.2, 0) is 4.79 Å². The molecule has 114 valence electrons. The minimum Gasteiger partial charge on any atom is -0.353 e. The van der Waals surface area contributed by atoms with E-state index in [2.05, 4.69) is 36.3 Å². The predicted octanol–water partition coefficient (Wildman–Crippen LogP) is 1.51. The van der Waals surface area contributed by atoms with Crippen LogP contribution in [0.4, 0.5) is 0 Å². The SMILES string of the molecule is CC(C)(C)N1CCC(NC(=O)C2CC3CCC2N3)CC1. The van der Waals surface area contributed by atoms with Gasteiger partial charge in [-0.15, -0.1) is 0 Å². The van der Waals surface area contributed by atoms with E-state index in [1.54, 1.807) is 0 Å². The predicted molar refractivity (Wildman–Crippen MR) is 80.5 cm³/mol. The second-order valence-electron chi connectivity index (χ2n) is 7.83. The van der Waals surface area contributed by atoms with Crippen LogP contribution in [0, 0.1) is 5.92 Å². The number of nitrogens with zero attached hydrogens (tertiary/aromatic N) is 1. The lowest BCUT2D eigenvalue weighted by molar-refractivity contribution is -0.126. The van der Waals surface area contributed by atoms with Gasteiger partial charge in [-0.3, -0.25) is 9.69 Å². The Morgan fingerprint density at radius 3 is 2.35 bits per heavy atom. The summed E-state index contributed by atoms with van der Waals surface area (Å²) in [4.78, 5) is 14.9. The Morgan fingerprint density at radius 1 is 1.15 bits per heavy atom. The molecule has 0 aromatic heterocycles. The van der Waals surface area contributed by atoms with Gasteiger partial charge in [0, 0.05) is 36.8 Å². The van der Waals surface area contributed by atoms with Crippen LogP contribution in [0.3, 0.4) is 0 Å². The van der Waals surface area contributed by atoms with E-state index < -0.39 is 0 Å². The van der Waals surface area contributed by atoms with Crippen molar-refractivity contribution < 1.29 is 4.79 Å². The average Bonchev–Trinajstić information content (AvgIpc) is 3.00. The van der Waals surface area contributed by atoms with E-state index in [1.165, 1.54) is 12.8 Å². The highest BCUT2D eigenvalue weighted by molar-refractivity contribution is 5.80. The number of hydrogen-bond donors (Lipinski definition) is 2. The third-order valence-corrected chi connectivity index (χ3v) is 5.43. The van der Waals surface area contributed by atoms with Crippen molar-refractivity contribution in [2.24, 2.45) is 5.92 Å². The Labute approximate surface area is 122 Å². The minimum atomic E-state index is 0.231. The van der Waals surface area contributed by atoms with Gasteiger partial charge in [0.25, 0.3) is 0 Å². The summed E-state index contributed by atoms with van der Waals surface area (Å²) >= 11 is 0. The van der Waals surface area contributed by atoms with E-state index in [1.807, 2.05) is 0 Å². The first-order valence-electron chi connectivity index (χ1n) is 8.25. The molecular weight excluding hydrogens is 250 g/mol. The number of nitrogens with one attached hydrogen (secondary N) is 2. The molecule has 2 N–H and O–H groups in total. The maximum Gasteiger partial charge on any atom is 0.224 e. The van der Waals surface area contributed by atoms with E-state index in [-0.39, 0.29) is 11.5 Å². The number of carbonyl (C=O) groups excluding carboxylic acids is 1. The smallest absolute Gasteiger partial charge is 0.224 e. The summed E-state index contributed by atoms with van der Waals surface area (Å²) in [5, 5.41) is 6.87. The van der Waals surface area contributed by atoms with Gasteiger partial charge in [-0.25, -0.2) is 0 Å². The fourth-order valence-corrected chi connectivity index (χ4v) is 4.12. The molecule has 0 saturated carbocycles. The fraction of sp³-hybridized carbons (Fsp3) is 0.938. The quantitative estimate of drug-likeness (QED) is 0.805. The summed E-state index contributed by atoms with van der Waals surface area (Å²) in [7, 11) is 0. The standard InChI is InChI=1S/C16H29N3O/c1-16(2,3)19-8-6-11(7-9-19)18-15(20)13-10-12-4-5-14(13)17-12/h11-14,17H,4-10H2,1-3H3,(H,18,20). The first kappa shape index (κ1) is 14.3. The van der Waals surface area contributed by atoms with Crippen molar-refractivity contribution in [3.8, 4) is 0 Å². The largest absolute Gasteiger partial charge is 0.353 e. The number of hydrogen-bond acceptors (Lipinski definition) is 3. The molecule has 3 unspecified atom stereocenters. The van der Waals surface area contributed by atoms with Crippen molar-refractivity contribution in [2.45, 2.75) is 76.5 Å². The van der Waals surface area contributed by atoms with Crippen LogP contribution in [0.1, 0.15) is 52.9 Å². The zero-order valence-electron chi connectivity index (χ0n) is 13.1. The first-order chi connectivity index (χ1) is 9.43. The van der Waals surface area contributed by atoms with E-state index in [0.29, 0.717) is 24.0 Å². The van der Waals surface area contributed by atoms with Crippen molar-refractivity contribution in [1.82, 2.24) is 15.5 Å². The van der Waals surface area contributed by atoms with E-state index in [4.69, 9.17) is 0 Å². The van der Waals surface area contributed by atoms with Gasteiger partial charge in [0.05, 0.1) is 5.92 Å². The molecule has 3 saturated heterocycles. The molecule has 3 heterocycles. The maximum atomic E-state index is 12.4. The van der Waals surface area contributed by atoms with Crippen molar-refractivity contribution in [3.05, 3.63) is 0 Å². The molecule has 4 heteroatoms. The lowest BCUT2D eigenvalue weighted by Crippen LogP contribution is -2.52. The Hall–Kier alpha value is -0.610. The molecule has 0 aromatic carbocycles. The van der Waals surface area contributed by atoms with Gasteiger partial charge in [-0.1, -0.05) is 0 Å². The molecule has 4 nitrogen and oxygen atoms in total.